The summed E-state index contributed by atoms with van der Waals surface area (Å²) in [5.74, 6) is 0.435. The molecule has 0 N–H and O–H groups in total. The van der Waals surface area contributed by atoms with Crippen molar-refractivity contribution < 1.29 is 4.79 Å². The van der Waals surface area contributed by atoms with Crippen molar-refractivity contribution in [3.63, 3.8) is 0 Å². The first-order valence-electron chi connectivity index (χ1n) is 5.50. The van der Waals surface area contributed by atoms with E-state index in [9.17, 15) is 4.79 Å². The Labute approximate surface area is 94.9 Å². The zero-order valence-electron chi connectivity index (χ0n) is 9.11. The quantitative estimate of drug-likeness (QED) is 0.785. The average molecular weight is 223 g/mol. The SMILES string of the molecule is CN(Cc1cccs1)C1CCCC(=O)C1. The van der Waals surface area contributed by atoms with Crippen molar-refractivity contribution in [1.82, 2.24) is 4.90 Å². The van der Waals surface area contributed by atoms with E-state index in [-0.39, 0.29) is 0 Å². The van der Waals surface area contributed by atoms with Gasteiger partial charge in [-0.2, -0.15) is 0 Å². The Morgan fingerprint density at radius 3 is 3.13 bits per heavy atom. The minimum atomic E-state index is 0.435. The van der Waals surface area contributed by atoms with Crippen molar-refractivity contribution in [3.8, 4) is 0 Å². The number of hydrogen-bond acceptors (Lipinski definition) is 3. The molecule has 0 aliphatic heterocycles. The van der Waals surface area contributed by atoms with Gasteiger partial charge in [0.25, 0.3) is 0 Å². The Morgan fingerprint density at radius 2 is 2.47 bits per heavy atom. The van der Waals surface area contributed by atoms with Crippen molar-refractivity contribution in [1.29, 1.82) is 0 Å². The third-order valence-corrected chi connectivity index (χ3v) is 3.93. The summed E-state index contributed by atoms with van der Waals surface area (Å²) in [4.78, 5) is 15.1. The summed E-state index contributed by atoms with van der Waals surface area (Å²) < 4.78 is 0. The molecule has 1 aliphatic rings. The van der Waals surface area contributed by atoms with Gasteiger partial charge in [-0.25, -0.2) is 0 Å². The van der Waals surface area contributed by atoms with Crippen LogP contribution in [0.25, 0.3) is 0 Å². The van der Waals surface area contributed by atoms with Crippen LogP contribution in [0.15, 0.2) is 17.5 Å². The highest BCUT2D eigenvalue weighted by Gasteiger charge is 2.22. The van der Waals surface area contributed by atoms with Crippen LogP contribution in [0.3, 0.4) is 0 Å². The van der Waals surface area contributed by atoms with Crippen molar-refractivity contribution in [2.45, 2.75) is 38.3 Å². The van der Waals surface area contributed by atoms with Crippen LogP contribution in [0.1, 0.15) is 30.6 Å². The van der Waals surface area contributed by atoms with E-state index in [0.717, 1.165) is 25.8 Å². The van der Waals surface area contributed by atoms with E-state index in [0.29, 0.717) is 11.8 Å². The molecule has 82 valence electrons. The Morgan fingerprint density at radius 1 is 1.60 bits per heavy atom. The number of ketones is 1. The first-order chi connectivity index (χ1) is 7.25. The summed E-state index contributed by atoms with van der Waals surface area (Å²) in [6.45, 7) is 0.982. The Kier molecular flexibility index (Phi) is 3.54. The zero-order chi connectivity index (χ0) is 10.7. The fourth-order valence-corrected chi connectivity index (χ4v) is 2.92. The third-order valence-electron chi connectivity index (χ3n) is 3.06. The standard InChI is InChI=1S/C12H17NOS/c1-13(9-12-6-3-7-15-12)10-4-2-5-11(14)8-10/h3,6-7,10H,2,4-5,8-9H2,1H3. The van der Waals surface area contributed by atoms with Gasteiger partial charge in [0, 0.05) is 30.3 Å². The predicted octanol–water partition coefficient (Wildman–Crippen LogP) is 2.69. The smallest absolute Gasteiger partial charge is 0.134 e. The van der Waals surface area contributed by atoms with Crippen LogP contribution in [0.5, 0.6) is 0 Å². The molecule has 0 amide bonds. The molecule has 1 aromatic heterocycles. The number of carbonyl (C=O) groups excluding carboxylic acids is 1. The molecule has 0 spiro atoms. The van der Waals surface area contributed by atoms with Crippen LogP contribution >= 0.6 is 11.3 Å². The van der Waals surface area contributed by atoms with Gasteiger partial charge < -0.3 is 0 Å². The topological polar surface area (TPSA) is 20.3 Å². The molecular formula is C12H17NOS. The molecule has 1 unspecified atom stereocenters. The molecule has 0 radical (unpaired) electrons. The molecule has 2 rings (SSSR count). The van der Waals surface area contributed by atoms with E-state index in [2.05, 4.69) is 29.5 Å². The molecule has 0 bridgehead atoms. The number of Topliss-reactive ketones (excluding diaryl/α,β-unsaturated/α-hetero) is 1. The van der Waals surface area contributed by atoms with Crippen molar-refractivity contribution >= 4 is 17.1 Å². The number of nitrogens with zero attached hydrogens (tertiary/aromatic N) is 1. The highest BCUT2D eigenvalue weighted by molar-refractivity contribution is 7.09. The highest BCUT2D eigenvalue weighted by atomic mass is 32.1. The van der Waals surface area contributed by atoms with E-state index < -0.39 is 0 Å². The van der Waals surface area contributed by atoms with Gasteiger partial charge in [0.15, 0.2) is 0 Å². The number of carbonyl (C=O) groups is 1. The molecule has 1 saturated carbocycles. The lowest BCUT2D eigenvalue weighted by Crippen LogP contribution is -2.35. The lowest BCUT2D eigenvalue weighted by atomic mass is 9.93. The Hall–Kier alpha value is -0.670. The predicted molar refractivity (Wildman–Crippen MR) is 63.0 cm³/mol. The maximum Gasteiger partial charge on any atom is 0.134 e. The summed E-state index contributed by atoms with van der Waals surface area (Å²) in [7, 11) is 2.13. The summed E-state index contributed by atoms with van der Waals surface area (Å²) in [6, 6.07) is 4.71. The van der Waals surface area contributed by atoms with E-state index in [1.54, 1.807) is 11.3 Å². The lowest BCUT2D eigenvalue weighted by molar-refractivity contribution is -0.121. The molecule has 15 heavy (non-hydrogen) atoms. The van der Waals surface area contributed by atoms with Crippen LogP contribution < -0.4 is 0 Å². The molecule has 1 atom stereocenters. The third kappa shape index (κ3) is 2.89. The van der Waals surface area contributed by atoms with Gasteiger partial charge in [0.1, 0.15) is 5.78 Å². The molecule has 2 nitrogen and oxygen atoms in total. The molecule has 3 heteroatoms. The van der Waals surface area contributed by atoms with Crippen molar-refractivity contribution in [3.05, 3.63) is 22.4 Å². The van der Waals surface area contributed by atoms with E-state index in [1.807, 2.05) is 0 Å². The second-order valence-corrected chi connectivity index (χ2v) is 5.32. The van der Waals surface area contributed by atoms with E-state index in [4.69, 9.17) is 0 Å². The fourth-order valence-electron chi connectivity index (χ4n) is 2.16. The molecule has 1 heterocycles. The summed E-state index contributed by atoms with van der Waals surface area (Å²) in [5.41, 5.74) is 0. The van der Waals surface area contributed by atoms with Gasteiger partial charge in [-0.15, -0.1) is 11.3 Å². The highest BCUT2D eigenvalue weighted by Crippen LogP contribution is 2.21. The maximum absolute atomic E-state index is 11.4. The second-order valence-electron chi connectivity index (χ2n) is 4.28. The minimum absolute atomic E-state index is 0.435. The van der Waals surface area contributed by atoms with Crippen LogP contribution in [0.4, 0.5) is 0 Å². The number of thiophene rings is 1. The summed E-state index contributed by atoms with van der Waals surface area (Å²) in [6.07, 6.45) is 3.79. The molecule has 1 aliphatic carbocycles. The maximum atomic E-state index is 11.4. The average Bonchev–Trinajstić information content (AvgIpc) is 2.70. The normalized spacial score (nSPS) is 22.3. The molecule has 1 aromatic rings. The number of rotatable bonds is 3. The van der Waals surface area contributed by atoms with Gasteiger partial charge in [0.05, 0.1) is 0 Å². The molecule has 1 fully saturated rings. The first-order valence-corrected chi connectivity index (χ1v) is 6.38. The molecular weight excluding hydrogens is 206 g/mol. The monoisotopic (exact) mass is 223 g/mol. The van der Waals surface area contributed by atoms with Gasteiger partial charge in [-0.3, -0.25) is 9.69 Å². The van der Waals surface area contributed by atoms with Crippen molar-refractivity contribution in [2.24, 2.45) is 0 Å². The van der Waals surface area contributed by atoms with Crippen LogP contribution in [0.2, 0.25) is 0 Å². The van der Waals surface area contributed by atoms with E-state index >= 15 is 0 Å². The summed E-state index contributed by atoms with van der Waals surface area (Å²) in [5, 5.41) is 2.11. The first kappa shape index (κ1) is 10.8. The largest absolute Gasteiger partial charge is 0.300 e. The van der Waals surface area contributed by atoms with Crippen molar-refractivity contribution in [2.75, 3.05) is 7.05 Å². The Bertz CT molecular complexity index is 320. The van der Waals surface area contributed by atoms with E-state index in [1.165, 1.54) is 11.3 Å². The van der Waals surface area contributed by atoms with Crippen LogP contribution in [-0.4, -0.2) is 23.8 Å². The van der Waals surface area contributed by atoms with Gasteiger partial charge in [-0.05, 0) is 31.3 Å². The van der Waals surface area contributed by atoms with Gasteiger partial charge >= 0.3 is 0 Å². The molecule has 0 aromatic carbocycles. The summed E-state index contributed by atoms with van der Waals surface area (Å²) >= 11 is 1.79. The van der Waals surface area contributed by atoms with Crippen LogP contribution in [0, 0.1) is 0 Å². The zero-order valence-corrected chi connectivity index (χ0v) is 9.93. The van der Waals surface area contributed by atoms with Gasteiger partial charge in [0.2, 0.25) is 0 Å². The number of hydrogen-bond donors (Lipinski definition) is 0. The fraction of sp³-hybridized carbons (Fsp3) is 0.583. The Balaban J connectivity index is 1.90. The minimum Gasteiger partial charge on any atom is -0.300 e. The lowest BCUT2D eigenvalue weighted by Gasteiger charge is -2.30. The molecule has 0 saturated heterocycles. The van der Waals surface area contributed by atoms with Gasteiger partial charge in [-0.1, -0.05) is 6.07 Å². The second kappa shape index (κ2) is 4.90. The van der Waals surface area contributed by atoms with Crippen LogP contribution in [-0.2, 0) is 11.3 Å².